The zero-order valence-corrected chi connectivity index (χ0v) is 15.0. The molecule has 0 saturated heterocycles. The molecule has 1 N–H and O–H groups in total. The summed E-state index contributed by atoms with van der Waals surface area (Å²) in [6.07, 6.45) is 2.73. The fraction of sp³-hybridized carbons (Fsp3) is 0.167. The molecule has 132 valence electrons. The summed E-state index contributed by atoms with van der Waals surface area (Å²) < 4.78 is 38.8. The summed E-state index contributed by atoms with van der Waals surface area (Å²) in [4.78, 5) is 12.1. The molecule has 2 rings (SSSR count). The number of sulfonamides is 1. The highest BCUT2D eigenvalue weighted by atomic mass is 32.2. The average molecular weight is 362 g/mol. The number of hydrogen-bond donors (Lipinski definition) is 1. The van der Waals surface area contributed by atoms with Crippen molar-refractivity contribution in [2.45, 2.75) is 11.8 Å². The fourth-order valence-electron chi connectivity index (χ4n) is 2.12. The number of carbonyl (C=O) groups excluding carboxylic acids is 1. The highest BCUT2D eigenvalue weighted by molar-refractivity contribution is 7.89. The summed E-state index contributed by atoms with van der Waals surface area (Å²) in [6.45, 7) is 1.69. The van der Waals surface area contributed by atoms with Crippen LogP contribution in [0.3, 0.4) is 0 Å². The number of nitrogens with one attached hydrogen (secondary N) is 1. The van der Waals surface area contributed by atoms with Gasteiger partial charge < -0.3 is 5.32 Å². The summed E-state index contributed by atoms with van der Waals surface area (Å²) in [7, 11) is -0.711. The molecule has 0 radical (unpaired) electrons. The van der Waals surface area contributed by atoms with Crippen molar-refractivity contribution in [1.29, 1.82) is 0 Å². The number of rotatable bonds is 5. The average Bonchev–Trinajstić information content (AvgIpc) is 2.54. The minimum Gasteiger partial charge on any atom is -0.322 e. The van der Waals surface area contributed by atoms with Gasteiger partial charge in [-0.2, -0.15) is 0 Å². The lowest BCUT2D eigenvalue weighted by Crippen LogP contribution is -2.23. The molecular formula is C18H19FN2O3S. The Kier molecular flexibility index (Phi) is 5.71. The molecule has 0 saturated carbocycles. The zero-order chi connectivity index (χ0) is 18.6. The Bertz CT molecular complexity index is 922. The van der Waals surface area contributed by atoms with Crippen molar-refractivity contribution in [2.75, 3.05) is 19.4 Å². The monoisotopic (exact) mass is 362 g/mol. The Morgan fingerprint density at radius 3 is 2.52 bits per heavy atom. The van der Waals surface area contributed by atoms with Crippen LogP contribution in [0.1, 0.15) is 11.1 Å². The minimum atomic E-state index is -3.60. The number of aryl methyl sites for hydroxylation is 1. The number of anilines is 1. The maximum atomic E-state index is 13.1. The summed E-state index contributed by atoms with van der Waals surface area (Å²) in [5, 5.41) is 2.60. The normalized spacial score (nSPS) is 11.9. The third-order valence-electron chi connectivity index (χ3n) is 3.49. The predicted octanol–water partition coefficient (Wildman–Crippen LogP) is 3.04. The summed E-state index contributed by atoms with van der Waals surface area (Å²) in [5.74, 6) is -0.832. The SMILES string of the molecule is Cc1ccc(NC(=O)/C=C/c2cccc(F)c2)cc1S(=O)(=O)N(C)C. The first kappa shape index (κ1) is 18.8. The van der Waals surface area contributed by atoms with E-state index < -0.39 is 15.9 Å². The zero-order valence-electron chi connectivity index (χ0n) is 14.2. The van der Waals surface area contributed by atoms with Crippen molar-refractivity contribution in [3.63, 3.8) is 0 Å². The Hall–Kier alpha value is -2.51. The van der Waals surface area contributed by atoms with Gasteiger partial charge in [-0.3, -0.25) is 4.79 Å². The van der Waals surface area contributed by atoms with E-state index in [9.17, 15) is 17.6 Å². The molecule has 0 spiro atoms. The van der Waals surface area contributed by atoms with Crippen molar-refractivity contribution < 1.29 is 17.6 Å². The lowest BCUT2D eigenvalue weighted by Gasteiger charge is -2.14. The largest absolute Gasteiger partial charge is 0.322 e. The van der Waals surface area contributed by atoms with Gasteiger partial charge in [-0.25, -0.2) is 17.1 Å². The van der Waals surface area contributed by atoms with Crippen molar-refractivity contribution in [2.24, 2.45) is 0 Å². The summed E-state index contributed by atoms with van der Waals surface area (Å²) in [5.41, 5.74) is 1.50. The van der Waals surface area contributed by atoms with Gasteiger partial charge >= 0.3 is 0 Å². The van der Waals surface area contributed by atoms with Gasteiger partial charge in [0.1, 0.15) is 5.82 Å². The maximum Gasteiger partial charge on any atom is 0.248 e. The molecule has 2 aromatic carbocycles. The Labute approximate surface area is 146 Å². The van der Waals surface area contributed by atoms with Gasteiger partial charge in [0.05, 0.1) is 4.90 Å². The Morgan fingerprint density at radius 1 is 1.16 bits per heavy atom. The van der Waals surface area contributed by atoms with Crippen molar-refractivity contribution in [3.05, 3.63) is 65.5 Å². The maximum absolute atomic E-state index is 13.1. The molecule has 25 heavy (non-hydrogen) atoms. The van der Waals surface area contributed by atoms with E-state index in [1.54, 1.807) is 31.2 Å². The van der Waals surface area contributed by atoms with Gasteiger partial charge in [-0.1, -0.05) is 18.2 Å². The van der Waals surface area contributed by atoms with E-state index in [-0.39, 0.29) is 10.7 Å². The van der Waals surface area contributed by atoms with E-state index in [4.69, 9.17) is 0 Å². The molecule has 0 bridgehead atoms. The van der Waals surface area contributed by atoms with E-state index in [0.717, 1.165) is 4.31 Å². The van der Waals surface area contributed by atoms with Crippen LogP contribution in [-0.4, -0.2) is 32.7 Å². The second-order valence-electron chi connectivity index (χ2n) is 5.65. The van der Waals surface area contributed by atoms with Gasteiger partial charge in [0.2, 0.25) is 15.9 Å². The fourth-order valence-corrected chi connectivity index (χ4v) is 3.26. The van der Waals surface area contributed by atoms with Crippen molar-refractivity contribution in [1.82, 2.24) is 4.31 Å². The first-order valence-corrected chi connectivity index (χ1v) is 8.92. The molecule has 1 amide bonds. The van der Waals surface area contributed by atoms with E-state index in [0.29, 0.717) is 16.8 Å². The standard InChI is InChI=1S/C18H19FN2O3S/c1-13-7-9-16(12-17(13)25(23,24)21(2)3)20-18(22)10-8-14-5-4-6-15(19)11-14/h4-12H,1-3H3,(H,20,22)/b10-8+. The van der Waals surface area contributed by atoms with Gasteiger partial charge in [0.15, 0.2) is 0 Å². The number of carbonyl (C=O) groups is 1. The topological polar surface area (TPSA) is 66.5 Å². The van der Waals surface area contributed by atoms with Crippen molar-refractivity contribution in [3.8, 4) is 0 Å². The number of benzene rings is 2. The van der Waals surface area contributed by atoms with E-state index >= 15 is 0 Å². The highest BCUT2D eigenvalue weighted by Gasteiger charge is 2.20. The Balaban J connectivity index is 2.19. The van der Waals surface area contributed by atoms with Crippen molar-refractivity contribution >= 4 is 27.7 Å². The van der Waals surface area contributed by atoms with E-state index in [2.05, 4.69) is 5.32 Å². The third-order valence-corrected chi connectivity index (χ3v) is 5.45. The molecule has 0 unspecified atom stereocenters. The van der Waals surface area contributed by atoms with E-state index in [1.165, 1.54) is 44.4 Å². The lowest BCUT2D eigenvalue weighted by molar-refractivity contribution is -0.111. The third kappa shape index (κ3) is 4.74. The van der Waals surface area contributed by atoms with Crippen LogP contribution in [0.2, 0.25) is 0 Å². The van der Waals surface area contributed by atoms with Crippen LogP contribution in [0.15, 0.2) is 53.4 Å². The van der Waals surface area contributed by atoms with Crippen LogP contribution in [0.25, 0.3) is 6.08 Å². The molecule has 0 aliphatic carbocycles. The van der Waals surface area contributed by atoms with Gasteiger partial charge in [0, 0.05) is 25.9 Å². The van der Waals surface area contributed by atoms with Gasteiger partial charge in [0.25, 0.3) is 0 Å². The van der Waals surface area contributed by atoms with Crippen LogP contribution >= 0.6 is 0 Å². The molecule has 0 aliphatic rings. The molecule has 0 atom stereocenters. The molecular weight excluding hydrogens is 343 g/mol. The second kappa shape index (κ2) is 7.58. The van der Waals surface area contributed by atoms with Crippen LogP contribution in [0, 0.1) is 12.7 Å². The minimum absolute atomic E-state index is 0.129. The highest BCUT2D eigenvalue weighted by Crippen LogP contribution is 2.22. The van der Waals surface area contributed by atoms with Crippen LogP contribution in [0.4, 0.5) is 10.1 Å². The molecule has 0 fully saturated rings. The molecule has 2 aromatic rings. The van der Waals surface area contributed by atoms with Crippen LogP contribution in [0.5, 0.6) is 0 Å². The molecule has 0 heterocycles. The Morgan fingerprint density at radius 2 is 1.88 bits per heavy atom. The van der Waals surface area contributed by atoms with Gasteiger partial charge in [-0.05, 0) is 48.4 Å². The number of hydrogen-bond acceptors (Lipinski definition) is 3. The smallest absolute Gasteiger partial charge is 0.248 e. The number of nitrogens with zero attached hydrogens (tertiary/aromatic N) is 1. The van der Waals surface area contributed by atoms with E-state index in [1.807, 2.05) is 0 Å². The lowest BCUT2D eigenvalue weighted by atomic mass is 10.2. The molecule has 7 heteroatoms. The quantitative estimate of drug-likeness (QED) is 0.832. The van der Waals surface area contributed by atoms with Crippen LogP contribution < -0.4 is 5.32 Å². The summed E-state index contributed by atoms with van der Waals surface area (Å²) in [6, 6.07) is 10.5. The summed E-state index contributed by atoms with van der Waals surface area (Å²) >= 11 is 0. The molecule has 5 nitrogen and oxygen atoms in total. The second-order valence-corrected chi connectivity index (χ2v) is 7.77. The first-order valence-electron chi connectivity index (χ1n) is 7.48. The molecule has 0 aliphatic heterocycles. The predicted molar refractivity (Wildman–Crippen MR) is 96.1 cm³/mol. The number of amides is 1. The first-order chi connectivity index (χ1) is 11.7. The van der Waals surface area contributed by atoms with Gasteiger partial charge in [-0.15, -0.1) is 0 Å². The van der Waals surface area contributed by atoms with Crippen LogP contribution in [-0.2, 0) is 14.8 Å². The molecule has 0 aromatic heterocycles. The number of halogens is 1.